The molecular weight excluding hydrogens is 456 g/mol. The van der Waals surface area contributed by atoms with Crippen LogP contribution in [-0.2, 0) is 11.3 Å². The van der Waals surface area contributed by atoms with Crippen LogP contribution in [0.1, 0.15) is 65.4 Å². The second-order valence-corrected chi connectivity index (χ2v) is 9.11. The van der Waals surface area contributed by atoms with E-state index < -0.39 is 5.97 Å². The SMILES string of the molecule is CCOC(=O)c1c(Nc2ccc(CNC3CCCC3)cc2C)oc(C=C2C=Nc3ncccc32)c1O. The highest BCUT2D eigenvalue weighted by Crippen LogP contribution is 2.39. The number of allylic oxidation sites excluding steroid dienone is 1. The fourth-order valence-electron chi connectivity index (χ4n) is 4.69. The highest BCUT2D eigenvalue weighted by Gasteiger charge is 2.27. The number of carbonyl (C=O) groups excluding carboxylic acids is 1. The van der Waals surface area contributed by atoms with E-state index in [1.165, 1.54) is 31.2 Å². The predicted octanol–water partition coefficient (Wildman–Crippen LogP) is 5.90. The number of rotatable bonds is 8. The first-order chi connectivity index (χ1) is 17.5. The third-order valence-electron chi connectivity index (χ3n) is 6.59. The molecular formula is C28H30N4O4. The van der Waals surface area contributed by atoms with Crippen LogP contribution in [0.3, 0.4) is 0 Å². The van der Waals surface area contributed by atoms with E-state index in [2.05, 4.69) is 26.7 Å². The Morgan fingerprint density at radius 1 is 1.28 bits per heavy atom. The second-order valence-electron chi connectivity index (χ2n) is 9.11. The summed E-state index contributed by atoms with van der Waals surface area (Å²) in [5, 5.41) is 17.7. The number of hydrogen-bond donors (Lipinski definition) is 3. The van der Waals surface area contributed by atoms with Gasteiger partial charge in [-0.2, -0.15) is 0 Å². The van der Waals surface area contributed by atoms with E-state index in [0.717, 1.165) is 28.9 Å². The Labute approximate surface area is 210 Å². The Bertz CT molecular complexity index is 1340. The van der Waals surface area contributed by atoms with Gasteiger partial charge in [-0.15, -0.1) is 0 Å². The summed E-state index contributed by atoms with van der Waals surface area (Å²) in [4.78, 5) is 21.3. The van der Waals surface area contributed by atoms with Gasteiger partial charge in [0.15, 0.2) is 22.9 Å². The number of nitrogens with zero attached hydrogens (tertiary/aromatic N) is 2. The average Bonchev–Trinajstić information content (AvgIpc) is 3.60. The van der Waals surface area contributed by atoms with Crippen LogP contribution >= 0.6 is 0 Å². The van der Waals surface area contributed by atoms with Crippen LogP contribution in [0, 0.1) is 6.92 Å². The zero-order valence-corrected chi connectivity index (χ0v) is 20.5. The predicted molar refractivity (Wildman–Crippen MR) is 140 cm³/mol. The highest BCUT2D eigenvalue weighted by atomic mass is 16.5. The molecule has 2 aliphatic rings. The Kier molecular flexibility index (Phi) is 6.86. The zero-order chi connectivity index (χ0) is 25.1. The van der Waals surface area contributed by atoms with Gasteiger partial charge in [-0.1, -0.05) is 25.0 Å². The molecule has 8 nitrogen and oxygen atoms in total. The zero-order valence-electron chi connectivity index (χ0n) is 20.5. The van der Waals surface area contributed by atoms with Gasteiger partial charge < -0.3 is 24.9 Å². The minimum Gasteiger partial charge on any atom is -0.504 e. The van der Waals surface area contributed by atoms with Crippen LogP contribution in [-0.4, -0.2) is 34.9 Å². The summed E-state index contributed by atoms with van der Waals surface area (Å²) >= 11 is 0. The molecule has 3 aromatic rings. The lowest BCUT2D eigenvalue weighted by Gasteiger charge is -2.14. The first kappa shape index (κ1) is 23.8. The Balaban J connectivity index is 1.42. The van der Waals surface area contributed by atoms with Crippen molar-refractivity contribution in [3.8, 4) is 5.75 Å². The largest absolute Gasteiger partial charge is 0.504 e. The second kappa shape index (κ2) is 10.4. The smallest absolute Gasteiger partial charge is 0.347 e. The van der Waals surface area contributed by atoms with E-state index in [1.807, 2.05) is 31.2 Å². The van der Waals surface area contributed by atoms with Crippen LogP contribution in [0.15, 0.2) is 45.9 Å². The number of aliphatic imine (C=N–C) groups is 1. The van der Waals surface area contributed by atoms with Gasteiger partial charge >= 0.3 is 5.97 Å². The maximum Gasteiger partial charge on any atom is 0.347 e. The molecule has 36 heavy (non-hydrogen) atoms. The van der Waals surface area contributed by atoms with E-state index in [9.17, 15) is 9.90 Å². The maximum absolute atomic E-state index is 12.7. The molecule has 1 fully saturated rings. The normalized spacial score (nSPS) is 16.0. The Morgan fingerprint density at radius 3 is 2.89 bits per heavy atom. The van der Waals surface area contributed by atoms with Crippen LogP contribution in [0.4, 0.5) is 17.4 Å². The fourth-order valence-corrected chi connectivity index (χ4v) is 4.69. The van der Waals surface area contributed by atoms with E-state index in [1.54, 1.807) is 25.4 Å². The van der Waals surface area contributed by atoms with Gasteiger partial charge in [-0.3, -0.25) is 0 Å². The van der Waals surface area contributed by atoms with Gasteiger partial charge in [0.25, 0.3) is 0 Å². The summed E-state index contributed by atoms with van der Waals surface area (Å²) in [6.07, 6.45) is 10.0. The van der Waals surface area contributed by atoms with Crippen molar-refractivity contribution >= 4 is 41.2 Å². The number of aromatic nitrogens is 1. The lowest BCUT2D eigenvalue weighted by Crippen LogP contribution is -2.25. The van der Waals surface area contributed by atoms with Crippen molar-refractivity contribution in [3.63, 3.8) is 0 Å². The molecule has 0 amide bonds. The third-order valence-corrected chi connectivity index (χ3v) is 6.59. The molecule has 3 heterocycles. The lowest BCUT2D eigenvalue weighted by molar-refractivity contribution is 0.0524. The van der Waals surface area contributed by atoms with Crippen molar-refractivity contribution in [1.29, 1.82) is 0 Å². The van der Waals surface area contributed by atoms with Crippen molar-refractivity contribution in [2.45, 2.75) is 52.1 Å². The number of nitrogens with one attached hydrogen (secondary N) is 2. The summed E-state index contributed by atoms with van der Waals surface area (Å²) < 4.78 is 11.2. The fraction of sp³-hybridized carbons (Fsp3) is 0.321. The average molecular weight is 487 g/mol. The first-order valence-electron chi connectivity index (χ1n) is 12.4. The molecule has 0 unspecified atom stereocenters. The number of anilines is 2. The monoisotopic (exact) mass is 486 g/mol. The number of benzene rings is 1. The molecule has 1 saturated carbocycles. The van der Waals surface area contributed by atoms with Crippen molar-refractivity contribution < 1.29 is 19.1 Å². The molecule has 5 rings (SSSR count). The quantitative estimate of drug-likeness (QED) is 0.340. The number of aryl methyl sites for hydroxylation is 1. The van der Waals surface area contributed by atoms with Crippen LogP contribution in [0.5, 0.6) is 5.75 Å². The summed E-state index contributed by atoms with van der Waals surface area (Å²) in [7, 11) is 0. The summed E-state index contributed by atoms with van der Waals surface area (Å²) in [6.45, 7) is 4.70. The molecule has 186 valence electrons. The number of furan rings is 1. The molecule has 3 N–H and O–H groups in total. The maximum atomic E-state index is 12.7. The molecule has 0 spiro atoms. The molecule has 1 aliphatic carbocycles. The van der Waals surface area contributed by atoms with Crippen LogP contribution in [0.2, 0.25) is 0 Å². The number of carbonyl (C=O) groups is 1. The molecule has 1 aromatic carbocycles. The summed E-state index contributed by atoms with van der Waals surface area (Å²) in [6, 6.07) is 10.4. The number of hydrogen-bond acceptors (Lipinski definition) is 8. The number of pyridine rings is 1. The molecule has 0 atom stereocenters. The van der Waals surface area contributed by atoms with Gasteiger partial charge in [-0.05, 0) is 62.1 Å². The molecule has 0 saturated heterocycles. The van der Waals surface area contributed by atoms with Crippen molar-refractivity contribution in [3.05, 3.63) is 64.5 Å². The summed E-state index contributed by atoms with van der Waals surface area (Å²) in [5.41, 5.74) is 4.45. The third kappa shape index (κ3) is 4.90. The van der Waals surface area contributed by atoms with Crippen LogP contribution in [0.25, 0.3) is 11.6 Å². The van der Waals surface area contributed by atoms with E-state index >= 15 is 0 Å². The number of ether oxygens (including phenoxy) is 1. The highest BCUT2D eigenvalue weighted by molar-refractivity contribution is 6.21. The van der Waals surface area contributed by atoms with Gasteiger partial charge in [-0.25, -0.2) is 14.8 Å². The topological polar surface area (TPSA) is 109 Å². The number of esters is 1. The molecule has 1 aliphatic heterocycles. The van der Waals surface area contributed by atoms with Crippen molar-refractivity contribution in [2.24, 2.45) is 4.99 Å². The van der Waals surface area contributed by atoms with E-state index in [-0.39, 0.29) is 29.6 Å². The number of fused-ring (bicyclic) bond motifs is 1. The van der Waals surface area contributed by atoms with Crippen molar-refractivity contribution in [1.82, 2.24) is 10.3 Å². The minimum absolute atomic E-state index is 0.0450. The van der Waals surface area contributed by atoms with Crippen LogP contribution < -0.4 is 10.6 Å². The molecule has 0 radical (unpaired) electrons. The van der Waals surface area contributed by atoms with Gasteiger partial charge in [0, 0.05) is 41.8 Å². The van der Waals surface area contributed by atoms with E-state index in [0.29, 0.717) is 11.9 Å². The molecule has 2 aromatic heterocycles. The van der Waals surface area contributed by atoms with Gasteiger partial charge in [0.05, 0.1) is 6.61 Å². The Hall–Kier alpha value is -3.91. The van der Waals surface area contributed by atoms with E-state index in [4.69, 9.17) is 9.15 Å². The van der Waals surface area contributed by atoms with Gasteiger partial charge in [0.1, 0.15) is 0 Å². The number of aromatic hydroxyl groups is 1. The summed E-state index contributed by atoms with van der Waals surface area (Å²) in [5.74, 6) is -0.1000. The molecule has 8 heteroatoms. The first-order valence-corrected chi connectivity index (χ1v) is 12.4. The Morgan fingerprint density at radius 2 is 2.11 bits per heavy atom. The van der Waals surface area contributed by atoms with Crippen molar-refractivity contribution in [2.75, 3.05) is 11.9 Å². The minimum atomic E-state index is -0.664. The molecule has 0 bridgehead atoms. The standard InChI is InChI=1S/C28H30N4O4/c1-3-35-28(34)24-25(33)23(14-19-16-31-26-21(19)9-6-12-29-26)36-27(24)32-22-11-10-18(13-17(22)2)15-30-20-7-4-5-8-20/h6,9-14,16,20,30,32-33H,3-5,7-8,15H2,1-2H3. The van der Waals surface area contributed by atoms with Gasteiger partial charge in [0.2, 0.25) is 5.88 Å². The lowest BCUT2D eigenvalue weighted by atomic mass is 10.1.